The Bertz CT molecular complexity index is 1670. The van der Waals surface area contributed by atoms with E-state index in [0.717, 1.165) is 5.56 Å². The van der Waals surface area contributed by atoms with Crippen LogP contribution < -0.4 is 21.1 Å². The van der Waals surface area contributed by atoms with Crippen molar-refractivity contribution < 1.29 is 28.6 Å². The molecule has 5 N–H and O–H groups in total. The molecule has 0 unspecified atom stereocenters. The Hall–Kier alpha value is -5.09. The second kappa shape index (κ2) is 11.6. The Morgan fingerprint density at radius 2 is 1.73 bits per heavy atom. The number of hydrogen-bond acceptors (Lipinski definition) is 6. The van der Waals surface area contributed by atoms with E-state index in [0.29, 0.717) is 47.6 Å². The summed E-state index contributed by atoms with van der Waals surface area (Å²) in [5, 5.41) is 15.6. The van der Waals surface area contributed by atoms with Crippen molar-refractivity contribution in [3.8, 4) is 28.0 Å². The van der Waals surface area contributed by atoms with Gasteiger partial charge in [-0.3, -0.25) is 9.59 Å². The molecule has 4 aromatic rings. The molecule has 3 aromatic carbocycles. The van der Waals surface area contributed by atoms with Crippen LogP contribution in [0.2, 0.25) is 0 Å². The first-order valence-electron chi connectivity index (χ1n) is 13.0. The molecule has 0 saturated heterocycles. The van der Waals surface area contributed by atoms with Crippen LogP contribution in [0, 0.1) is 5.82 Å². The highest BCUT2D eigenvalue weighted by molar-refractivity contribution is 6.11. The first-order valence-corrected chi connectivity index (χ1v) is 13.0. The number of aromatic carboxylic acids is 1. The van der Waals surface area contributed by atoms with Crippen LogP contribution in [0.5, 0.6) is 5.75 Å². The zero-order valence-corrected chi connectivity index (χ0v) is 22.2. The van der Waals surface area contributed by atoms with Gasteiger partial charge in [0.1, 0.15) is 23.9 Å². The molecule has 0 aliphatic carbocycles. The number of fused-ring (bicyclic) bond motifs is 3. The lowest BCUT2D eigenvalue weighted by Gasteiger charge is -2.23. The summed E-state index contributed by atoms with van der Waals surface area (Å²) in [7, 11) is 0. The number of nitrogens with two attached hydrogens (primary N) is 1. The molecule has 1 aliphatic rings. The van der Waals surface area contributed by atoms with E-state index >= 15 is 0 Å². The summed E-state index contributed by atoms with van der Waals surface area (Å²) in [5.41, 5.74) is 8.85. The fourth-order valence-corrected chi connectivity index (χ4v) is 4.64. The van der Waals surface area contributed by atoms with Gasteiger partial charge >= 0.3 is 5.97 Å². The average Bonchev–Trinajstić information content (AvgIpc) is 2.99. The van der Waals surface area contributed by atoms with Gasteiger partial charge in [-0.2, -0.15) is 0 Å². The monoisotopic (exact) mass is 554 g/mol. The summed E-state index contributed by atoms with van der Waals surface area (Å²) in [4.78, 5) is 42.7. The first-order chi connectivity index (χ1) is 19.8. The van der Waals surface area contributed by atoms with Gasteiger partial charge in [-0.15, -0.1) is 0 Å². The molecule has 208 valence electrons. The van der Waals surface area contributed by atoms with E-state index in [9.17, 15) is 23.9 Å². The number of nitrogens with one attached hydrogen (secondary N) is 2. The number of anilines is 1. The molecule has 0 bridgehead atoms. The van der Waals surface area contributed by atoms with E-state index in [1.165, 1.54) is 30.3 Å². The smallest absolute Gasteiger partial charge is 0.355 e. The number of rotatable bonds is 8. The number of aromatic nitrogens is 1. The van der Waals surface area contributed by atoms with Gasteiger partial charge in [0.2, 0.25) is 0 Å². The van der Waals surface area contributed by atoms with Crippen LogP contribution >= 0.6 is 0 Å². The van der Waals surface area contributed by atoms with Crippen molar-refractivity contribution >= 4 is 23.5 Å². The minimum absolute atomic E-state index is 0.0590. The van der Waals surface area contributed by atoms with Crippen LogP contribution in [0.1, 0.15) is 55.8 Å². The standard InChI is InChI=1S/C31H27FN4O5/c1-2-11-34-30(38)26-9-8-21(28(36-26)31(39)40)23-12-18-16-41-27-10-5-19(32)13-24(27)22(18)14-25(23)29(37)35-20-6-3-17(15-33)4-7-20/h3-10,12-14H,2,11,15-16,33H2,1H3,(H,34,38)(H,35,37)(H,39,40). The molecule has 0 radical (unpaired) electrons. The predicted molar refractivity (Wildman–Crippen MR) is 151 cm³/mol. The normalized spacial score (nSPS) is 11.6. The lowest BCUT2D eigenvalue weighted by atomic mass is 9.88. The number of amides is 2. The Labute approximate surface area is 235 Å². The molecule has 0 saturated carbocycles. The van der Waals surface area contributed by atoms with E-state index in [2.05, 4.69) is 15.6 Å². The van der Waals surface area contributed by atoms with Gasteiger partial charge < -0.3 is 26.2 Å². The molecule has 0 atom stereocenters. The minimum Gasteiger partial charge on any atom is -0.488 e. The largest absolute Gasteiger partial charge is 0.488 e. The Morgan fingerprint density at radius 1 is 0.951 bits per heavy atom. The summed E-state index contributed by atoms with van der Waals surface area (Å²) in [6.45, 7) is 2.77. The molecule has 41 heavy (non-hydrogen) atoms. The highest BCUT2D eigenvalue weighted by Crippen LogP contribution is 2.41. The molecule has 9 nitrogen and oxygen atoms in total. The van der Waals surface area contributed by atoms with Gasteiger partial charge in [0.05, 0.1) is 0 Å². The summed E-state index contributed by atoms with van der Waals surface area (Å²) in [6.07, 6.45) is 0.702. The van der Waals surface area contributed by atoms with Crippen LogP contribution in [0.15, 0.2) is 66.7 Å². The van der Waals surface area contributed by atoms with Crippen molar-refractivity contribution in [2.24, 2.45) is 5.73 Å². The number of carbonyl (C=O) groups is 3. The van der Waals surface area contributed by atoms with E-state index in [1.807, 2.05) is 6.92 Å². The third-order valence-electron chi connectivity index (χ3n) is 6.71. The van der Waals surface area contributed by atoms with Crippen LogP contribution in [0.3, 0.4) is 0 Å². The molecule has 2 amide bonds. The van der Waals surface area contributed by atoms with Crippen LogP contribution in [0.25, 0.3) is 22.3 Å². The van der Waals surface area contributed by atoms with Gasteiger partial charge in [-0.05, 0) is 83.3 Å². The molecule has 1 aliphatic heterocycles. The average molecular weight is 555 g/mol. The van der Waals surface area contributed by atoms with Gasteiger partial charge in [-0.1, -0.05) is 19.1 Å². The molecule has 2 heterocycles. The van der Waals surface area contributed by atoms with E-state index < -0.39 is 29.3 Å². The topological polar surface area (TPSA) is 144 Å². The maximum atomic E-state index is 14.2. The molecular formula is C31H27FN4O5. The fourth-order valence-electron chi connectivity index (χ4n) is 4.64. The van der Waals surface area contributed by atoms with Crippen molar-refractivity contribution in [2.45, 2.75) is 26.5 Å². The third-order valence-corrected chi connectivity index (χ3v) is 6.71. The Balaban J connectivity index is 1.66. The molecule has 0 fully saturated rings. The maximum Gasteiger partial charge on any atom is 0.355 e. The molecule has 0 spiro atoms. The summed E-state index contributed by atoms with van der Waals surface area (Å²) < 4.78 is 20.0. The molecule has 1 aromatic heterocycles. The minimum atomic E-state index is -1.37. The fraction of sp³-hybridized carbons (Fsp3) is 0.161. The van der Waals surface area contributed by atoms with Crippen molar-refractivity contribution in [1.82, 2.24) is 10.3 Å². The number of hydrogen-bond donors (Lipinski definition) is 4. The number of benzene rings is 3. The summed E-state index contributed by atoms with van der Waals surface area (Å²) in [6, 6.07) is 17.3. The molecule has 10 heteroatoms. The van der Waals surface area contributed by atoms with Gasteiger partial charge in [0.25, 0.3) is 11.8 Å². The summed E-state index contributed by atoms with van der Waals surface area (Å²) in [5.74, 6) is -2.39. The number of pyridine rings is 1. The molecular weight excluding hydrogens is 527 g/mol. The Kier molecular flexibility index (Phi) is 7.75. The predicted octanol–water partition coefficient (Wildman–Crippen LogP) is 5.00. The third kappa shape index (κ3) is 5.64. The van der Waals surface area contributed by atoms with Crippen LogP contribution in [-0.4, -0.2) is 34.4 Å². The molecule has 5 rings (SSSR count). The number of carbonyl (C=O) groups excluding carboxylic acids is 2. The van der Waals surface area contributed by atoms with Crippen molar-refractivity contribution in [1.29, 1.82) is 0 Å². The van der Waals surface area contributed by atoms with Crippen LogP contribution in [0.4, 0.5) is 10.1 Å². The van der Waals surface area contributed by atoms with Gasteiger partial charge in [0, 0.05) is 35.5 Å². The number of carboxylic acid groups (broad SMARTS) is 1. The van der Waals surface area contributed by atoms with E-state index in [-0.39, 0.29) is 29.0 Å². The van der Waals surface area contributed by atoms with Crippen molar-refractivity contribution in [3.05, 3.63) is 101 Å². The highest BCUT2D eigenvalue weighted by atomic mass is 19.1. The number of nitrogens with zero attached hydrogens (tertiary/aromatic N) is 1. The van der Waals surface area contributed by atoms with Crippen molar-refractivity contribution in [3.63, 3.8) is 0 Å². The van der Waals surface area contributed by atoms with E-state index in [4.69, 9.17) is 10.5 Å². The highest BCUT2D eigenvalue weighted by Gasteiger charge is 2.26. The number of carboxylic acids is 1. The second-order valence-corrected chi connectivity index (χ2v) is 9.49. The SMILES string of the molecule is CCCNC(=O)c1ccc(-c2cc3c(cc2C(=O)Nc2ccc(CN)cc2)-c2cc(F)ccc2OC3)c(C(=O)O)n1. The van der Waals surface area contributed by atoms with Gasteiger partial charge in [-0.25, -0.2) is 14.2 Å². The number of ether oxygens (including phenoxy) is 1. The first kappa shape index (κ1) is 27.5. The Morgan fingerprint density at radius 3 is 2.44 bits per heavy atom. The number of halogens is 1. The van der Waals surface area contributed by atoms with Crippen LogP contribution in [-0.2, 0) is 13.2 Å². The summed E-state index contributed by atoms with van der Waals surface area (Å²) >= 11 is 0. The lowest BCUT2D eigenvalue weighted by molar-refractivity contribution is 0.0691. The van der Waals surface area contributed by atoms with E-state index in [1.54, 1.807) is 36.4 Å². The lowest BCUT2D eigenvalue weighted by Crippen LogP contribution is -2.25. The maximum absolute atomic E-state index is 14.2. The second-order valence-electron chi connectivity index (χ2n) is 9.49. The quantitative estimate of drug-likeness (QED) is 0.240. The zero-order valence-electron chi connectivity index (χ0n) is 22.2. The van der Waals surface area contributed by atoms with Gasteiger partial charge in [0.15, 0.2) is 5.69 Å². The van der Waals surface area contributed by atoms with Crippen molar-refractivity contribution in [2.75, 3.05) is 11.9 Å². The zero-order chi connectivity index (χ0) is 29.1.